The smallest absolute Gasteiger partial charge is 0.184 e. The van der Waals surface area contributed by atoms with Crippen LogP contribution in [0.4, 0.5) is 5.13 Å². The highest BCUT2D eigenvalue weighted by molar-refractivity contribution is 7.14. The Morgan fingerprint density at radius 3 is 2.93 bits per heavy atom. The third-order valence-electron chi connectivity index (χ3n) is 3.52. The first-order chi connectivity index (χ1) is 6.81. The van der Waals surface area contributed by atoms with Crippen LogP contribution in [0.2, 0.25) is 5.15 Å². The van der Waals surface area contributed by atoms with Gasteiger partial charge in [0.25, 0.3) is 0 Å². The Morgan fingerprint density at radius 1 is 1.43 bits per heavy atom. The molecule has 76 valence electrons. The second kappa shape index (κ2) is 3.38. The molecule has 2 aliphatic rings. The average molecular weight is 229 g/mol. The summed E-state index contributed by atoms with van der Waals surface area (Å²) in [7, 11) is 0. The lowest BCUT2D eigenvalue weighted by atomic mass is 9.96. The molecule has 2 saturated carbocycles. The van der Waals surface area contributed by atoms with Gasteiger partial charge < -0.3 is 5.32 Å². The quantitative estimate of drug-likeness (QED) is 0.840. The molecule has 14 heavy (non-hydrogen) atoms. The van der Waals surface area contributed by atoms with E-state index in [0.717, 1.165) is 17.0 Å². The summed E-state index contributed by atoms with van der Waals surface area (Å²) in [5.41, 5.74) is 0. The van der Waals surface area contributed by atoms with Crippen molar-refractivity contribution in [3.8, 4) is 0 Å². The minimum atomic E-state index is 0.612. The zero-order chi connectivity index (χ0) is 9.54. The van der Waals surface area contributed by atoms with Gasteiger partial charge in [0, 0.05) is 11.4 Å². The van der Waals surface area contributed by atoms with Crippen LogP contribution in [0.25, 0.3) is 0 Å². The maximum atomic E-state index is 5.78. The van der Waals surface area contributed by atoms with E-state index < -0.39 is 0 Å². The second-order valence-electron chi connectivity index (χ2n) is 4.40. The number of fused-ring (bicyclic) bond motifs is 2. The van der Waals surface area contributed by atoms with Gasteiger partial charge in [-0.15, -0.1) is 11.3 Å². The maximum Gasteiger partial charge on any atom is 0.184 e. The first kappa shape index (κ1) is 8.98. The molecule has 2 aliphatic carbocycles. The van der Waals surface area contributed by atoms with Crippen LogP contribution < -0.4 is 5.32 Å². The molecule has 0 amide bonds. The summed E-state index contributed by atoms with van der Waals surface area (Å²) in [6.07, 6.45) is 5.61. The van der Waals surface area contributed by atoms with Crippen LogP contribution in [0.3, 0.4) is 0 Å². The summed E-state index contributed by atoms with van der Waals surface area (Å²) in [6, 6.07) is 0.663. The monoisotopic (exact) mass is 228 g/mol. The molecule has 1 N–H and O–H groups in total. The molecule has 3 unspecified atom stereocenters. The molecule has 0 saturated heterocycles. The lowest BCUT2D eigenvalue weighted by Gasteiger charge is -2.22. The standard InChI is InChI=1S/C10H13ClN2S/c11-9-5-14-10(13-9)12-8-4-6-1-2-7(8)3-6/h5-8H,1-4H2,(H,12,13). The second-order valence-corrected chi connectivity index (χ2v) is 5.65. The van der Waals surface area contributed by atoms with Crippen LogP contribution in [0.15, 0.2) is 5.38 Å². The summed E-state index contributed by atoms with van der Waals surface area (Å²) in [6.45, 7) is 0. The molecule has 3 rings (SSSR count). The molecule has 0 aromatic carbocycles. The highest BCUT2D eigenvalue weighted by Gasteiger charge is 2.39. The molecular weight excluding hydrogens is 216 g/mol. The van der Waals surface area contributed by atoms with Crippen LogP contribution in [0.5, 0.6) is 0 Å². The SMILES string of the molecule is Clc1csc(NC2CC3CCC2C3)n1. The van der Waals surface area contributed by atoms with Crippen LogP contribution >= 0.6 is 22.9 Å². The van der Waals surface area contributed by atoms with E-state index in [0.29, 0.717) is 11.2 Å². The van der Waals surface area contributed by atoms with E-state index in [1.54, 1.807) is 11.3 Å². The number of anilines is 1. The zero-order valence-corrected chi connectivity index (χ0v) is 9.44. The van der Waals surface area contributed by atoms with Crippen molar-refractivity contribution in [2.45, 2.75) is 31.7 Å². The van der Waals surface area contributed by atoms with Gasteiger partial charge in [-0.2, -0.15) is 0 Å². The lowest BCUT2D eigenvalue weighted by molar-refractivity contribution is 0.439. The topological polar surface area (TPSA) is 24.9 Å². The molecule has 4 heteroatoms. The normalized spacial score (nSPS) is 35.1. The van der Waals surface area contributed by atoms with Crippen molar-refractivity contribution >= 4 is 28.1 Å². The predicted molar refractivity (Wildman–Crippen MR) is 60.0 cm³/mol. The third-order valence-corrected chi connectivity index (χ3v) is 4.62. The van der Waals surface area contributed by atoms with Gasteiger partial charge in [0.05, 0.1) is 0 Å². The first-order valence-electron chi connectivity index (χ1n) is 5.19. The summed E-state index contributed by atoms with van der Waals surface area (Å²) in [4.78, 5) is 4.23. The average Bonchev–Trinajstić information content (AvgIpc) is 2.82. The van der Waals surface area contributed by atoms with Crippen molar-refractivity contribution in [3.63, 3.8) is 0 Å². The number of nitrogens with zero attached hydrogens (tertiary/aromatic N) is 1. The van der Waals surface area contributed by atoms with Gasteiger partial charge in [0.15, 0.2) is 5.13 Å². The van der Waals surface area contributed by atoms with Crippen molar-refractivity contribution in [1.82, 2.24) is 4.98 Å². The number of nitrogens with one attached hydrogen (secondary N) is 1. The number of halogens is 1. The van der Waals surface area contributed by atoms with Crippen LogP contribution in [0, 0.1) is 11.8 Å². The fraction of sp³-hybridized carbons (Fsp3) is 0.700. The Morgan fingerprint density at radius 2 is 2.36 bits per heavy atom. The van der Waals surface area contributed by atoms with E-state index in [1.165, 1.54) is 25.7 Å². The molecule has 1 aromatic heterocycles. The van der Waals surface area contributed by atoms with Crippen molar-refractivity contribution in [3.05, 3.63) is 10.5 Å². The molecular formula is C10H13ClN2S. The molecule has 1 aromatic rings. The van der Waals surface area contributed by atoms with Gasteiger partial charge in [-0.1, -0.05) is 18.0 Å². The van der Waals surface area contributed by atoms with E-state index in [-0.39, 0.29) is 0 Å². The van der Waals surface area contributed by atoms with Crippen molar-refractivity contribution in [1.29, 1.82) is 0 Å². The fourth-order valence-electron chi connectivity index (χ4n) is 2.90. The van der Waals surface area contributed by atoms with E-state index in [4.69, 9.17) is 11.6 Å². The van der Waals surface area contributed by atoms with Gasteiger partial charge >= 0.3 is 0 Å². The number of hydrogen-bond acceptors (Lipinski definition) is 3. The van der Waals surface area contributed by atoms with E-state index >= 15 is 0 Å². The van der Waals surface area contributed by atoms with Gasteiger partial charge in [0.2, 0.25) is 0 Å². The molecule has 0 aliphatic heterocycles. The maximum absolute atomic E-state index is 5.78. The Labute approximate surface area is 92.7 Å². The summed E-state index contributed by atoms with van der Waals surface area (Å²) in [5, 5.41) is 7.01. The van der Waals surface area contributed by atoms with Crippen molar-refractivity contribution < 1.29 is 0 Å². The molecule has 2 fully saturated rings. The molecule has 3 atom stereocenters. The lowest BCUT2D eigenvalue weighted by Crippen LogP contribution is -2.25. The Bertz CT molecular complexity index is 339. The summed E-state index contributed by atoms with van der Waals surface area (Å²) >= 11 is 7.39. The Kier molecular flexibility index (Phi) is 2.17. The Hall–Kier alpha value is -0.280. The van der Waals surface area contributed by atoms with Crippen LogP contribution in [-0.2, 0) is 0 Å². The number of rotatable bonds is 2. The number of hydrogen-bond donors (Lipinski definition) is 1. The molecule has 2 nitrogen and oxygen atoms in total. The van der Waals surface area contributed by atoms with Crippen molar-refractivity contribution in [2.24, 2.45) is 11.8 Å². The number of thiazole rings is 1. The largest absolute Gasteiger partial charge is 0.358 e. The summed E-state index contributed by atoms with van der Waals surface area (Å²) in [5.74, 6) is 1.87. The Balaban J connectivity index is 1.68. The highest BCUT2D eigenvalue weighted by Crippen LogP contribution is 2.45. The van der Waals surface area contributed by atoms with Gasteiger partial charge in [0.1, 0.15) is 5.15 Å². The molecule has 2 bridgehead atoms. The molecule has 0 spiro atoms. The predicted octanol–water partition coefficient (Wildman–Crippen LogP) is 3.40. The van der Waals surface area contributed by atoms with Crippen molar-refractivity contribution in [2.75, 3.05) is 5.32 Å². The fourth-order valence-corrected chi connectivity index (χ4v) is 3.80. The van der Waals surface area contributed by atoms with E-state index in [9.17, 15) is 0 Å². The van der Waals surface area contributed by atoms with Crippen LogP contribution in [0.1, 0.15) is 25.7 Å². The van der Waals surface area contributed by atoms with Gasteiger partial charge in [-0.05, 0) is 31.1 Å². The zero-order valence-electron chi connectivity index (χ0n) is 7.87. The number of aromatic nitrogens is 1. The third kappa shape index (κ3) is 1.52. The summed E-state index contributed by atoms with van der Waals surface area (Å²) < 4.78 is 0. The minimum Gasteiger partial charge on any atom is -0.358 e. The van der Waals surface area contributed by atoms with E-state index in [2.05, 4.69) is 10.3 Å². The van der Waals surface area contributed by atoms with Crippen LogP contribution in [-0.4, -0.2) is 11.0 Å². The molecule has 0 radical (unpaired) electrons. The molecule has 1 heterocycles. The van der Waals surface area contributed by atoms with Gasteiger partial charge in [-0.3, -0.25) is 0 Å². The van der Waals surface area contributed by atoms with E-state index in [1.807, 2.05) is 5.38 Å². The van der Waals surface area contributed by atoms with Gasteiger partial charge in [-0.25, -0.2) is 4.98 Å². The minimum absolute atomic E-state index is 0.612. The first-order valence-corrected chi connectivity index (χ1v) is 6.44. The highest BCUT2D eigenvalue weighted by atomic mass is 35.5.